The molecular formula is C13H18F3N3O2. The number of hydrogen-bond acceptors (Lipinski definition) is 3. The van der Waals surface area contributed by atoms with Crippen LogP contribution in [-0.2, 0) is 9.53 Å². The van der Waals surface area contributed by atoms with Crippen molar-refractivity contribution in [3.8, 4) is 0 Å². The molecule has 1 unspecified atom stereocenters. The van der Waals surface area contributed by atoms with Crippen LogP contribution in [0.2, 0.25) is 0 Å². The van der Waals surface area contributed by atoms with Crippen molar-refractivity contribution in [3.05, 3.63) is 18.5 Å². The van der Waals surface area contributed by atoms with Gasteiger partial charge >= 0.3 is 6.18 Å². The molecule has 0 N–H and O–H groups in total. The molecule has 1 amide bonds. The molecule has 0 spiro atoms. The van der Waals surface area contributed by atoms with E-state index in [4.69, 9.17) is 0 Å². The summed E-state index contributed by atoms with van der Waals surface area (Å²) in [6.45, 7) is -0.340. The molecule has 1 aromatic heterocycles. The van der Waals surface area contributed by atoms with Crippen molar-refractivity contribution < 1.29 is 22.7 Å². The predicted molar refractivity (Wildman–Crippen MR) is 68.6 cm³/mol. The van der Waals surface area contributed by atoms with Gasteiger partial charge in [0.25, 0.3) is 0 Å². The SMILES string of the molecule is O=C(CCOCC(F)(F)F)N1CCCC(n2cccn2)C1. The summed E-state index contributed by atoms with van der Waals surface area (Å²) in [6, 6.07) is 1.96. The molecule has 21 heavy (non-hydrogen) atoms. The molecule has 2 rings (SSSR count). The van der Waals surface area contributed by atoms with Crippen LogP contribution in [0.15, 0.2) is 18.5 Å². The van der Waals surface area contributed by atoms with Crippen molar-refractivity contribution in [2.24, 2.45) is 0 Å². The van der Waals surface area contributed by atoms with E-state index in [0.717, 1.165) is 12.8 Å². The van der Waals surface area contributed by atoms with Gasteiger partial charge in [-0.3, -0.25) is 9.48 Å². The van der Waals surface area contributed by atoms with Crippen LogP contribution in [-0.4, -0.2) is 53.1 Å². The number of amides is 1. The summed E-state index contributed by atoms with van der Waals surface area (Å²) in [5.41, 5.74) is 0. The van der Waals surface area contributed by atoms with Gasteiger partial charge in [-0.15, -0.1) is 0 Å². The van der Waals surface area contributed by atoms with Crippen LogP contribution in [0.3, 0.4) is 0 Å². The van der Waals surface area contributed by atoms with Crippen molar-refractivity contribution in [1.82, 2.24) is 14.7 Å². The molecule has 1 atom stereocenters. The number of likely N-dealkylation sites (tertiary alicyclic amines) is 1. The van der Waals surface area contributed by atoms with Gasteiger partial charge in [0.05, 0.1) is 19.1 Å². The molecule has 0 aliphatic carbocycles. The summed E-state index contributed by atoms with van der Waals surface area (Å²) in [5.74, 6) is -0.172. The maximum atomic E-state index is 12.0. The second kappa shape index (κ2) is 6.93. The highest BCUT2D eigenvalue weighted by molar-refractivity contribution is 5.76. The molecule has 0 saturated carbocycles. The standard InChI is InChI=1S/C13H18F3N3O2/c14-13(15,16)10-21-8-4-12(20)18-6-1-3-11(9-18)19-7-2-5-17-19/h2,5,7,11H,1,3-4,6,8-10H2. The first-order chi connectivity index (χ1) is 9.96. The van der Waals surface area contributed by atoms with Crippen molar-refractivity contribution in [2.45, 2.75) is 31.5 Å². The van der Waals surface area contributed by atoms with Crippen molar-refractivity contribution in [3.63, 3.8) is 0 Å². The number of aromatic nitrogens is 2. The minimum atomic E-state index is -4.35. The molecule has 1 fully saturated rings. The van der Waals surface area contributed by atoms with Crippen LogP contribution in [0.1, 0.15) is 25.3 Å². The molecule has 5 nitrogen and oxygen atoms in total. The number of alkyl halides is 3. The molecule has 1 aliphatic rings. The summed E-state index contributed by atoms with van der Waals surface area (Å²) in [4.78, 5) is 13.6. The van der Waals surface area contributed by atoms with E-state index in [9.17, 15) is 18.0 Å². The zero-order valence-corrected chi connectivity index (χ0v) is 11.6. The van der Waals surface area contributed by atoms with E-state index >= 15 is 0 Å². The van der Waals surface area contributed by atoms with Crippen LogP contribution in [0.5, 0.6) is 0 Å². The van der Waals surface area contributed by atoms with E-state index in [0.29, 0.717) is 13.1 Å². The Balaban J connectivity index is 1.74. The molecule has 8 heteroatoms. The molecule has 2 heterocycles. The second-order valence-corrected chi connectivity index (χ2v) is 5.04. The van der Waals surface area contributed by atoms with E-state index in [1.54, 1.807) is 11.1 Å². The van der Waals surface area contributed by atoms with Crippen LogP contribution in [0.4, 0.5) is 13.2 Å². The minimum Gasteiger partial charge on any atom is -0.372 e. The van der Waals surface area contributed by atoms with Gasteiger partial charge in [-0.2, -0.15) is 18.3 Å². The lowest BCUT2D eigenvalue weighted by molar-refractivity contribution is -0.175. The third-order valence-electron chi connectivity index (χ3n) is 3.37. The highest BCUT2D eigenvalue weighted by Gasteiger charge is 2.28. The number of piperidine rings is 1. The number of ether oxygens (including phenoxy) is 1. The van der Waals surface area contributed by atoms with Gasteiger partial charge in [0.15, 0.2) is 0 Å². The van der Waals surface area contributed by atoms with Crippen LogP contribution >= 0.6 is 0 Å². The lowest BCUT2D eigenvalue weighted by atomic mass is 10.1. The van der Waals surface area contributed by atoms with Gasteiger partial charge in [-0.05, 0) is 18.9 Å². The monoisotopic (exact) mass is 305 g/mol. The lowest BCUT2D eigenvalue weighted by Crippen LogP contribution is -2.41. The van der Waals surface area contributed by atoms with Gasteiger partial charge in [0, 0.05) is 25.5 Å². The number of halogens is 3. The Morgan fingerprint density at radius 2 is 2.24 bits per heavy atom. The van der Waals surface area contributed by atoms with Crippen molar-refractivity contribution in [2.75, 3.05) is 26.3 Å². The van der Waals surface area contributed by atoms with Crippen LogP contribution in [0.25, 0.3) is 0 Å². The van der Waals surface area contributed by atoms with Gasteiger partial charge in [0.2, 0.25) is 5.91 Å². The second-order valence-electron chi connectivity index (χ2n) is 5.04. The van der Waals surface area contributed by atoms with Gasteiger partial charge in [-0.1, -0.05) is 0 Å². The van der Waals surface area contributed by atoms with Gasteiger partial charge in [0.1, 0.15) is 6.61 Å². The maximum absolute atomic E-state index is 12.0. The summed E-state index contributed by atoms with van der Waals surface area (Å²) in [5, 5.41) is 4.17. The number of rotatable bonds is 5. The number of hydrogen-bond donors (Lipinski definition) is 0. The average Bonchev–Trinajstić information content (AvgIpc) is 2.96. The third-order valence-corrected chi connectivity index (χ3v) is 3.37. The topological polar surface area (TPSA) is 47.4 Å². The first-order valence-electron chi connectivity index (χ1n) is 6.87. The summed E-state index contributed by atoms with van der Waals surface area (Å²) >= 11 is 0. The zero-order chi connectivity index (χ0) is 15.3. The molecular weight excluding hydrogens is 287 g/mol. The molecule has 0 radical (unpaired) electrons. The van der Waals surface area contributed by atoms with E-state index < -0.39 is 12.8 Å². The molecule has 118 valence electrons. The van der Waals surface area contributed by atoms with Crippen molar-refractivity contribution >= 4 is 5.91 Å². The highest BCUT2D eigenvalue weighted by Crippen LogP contribution is 2.21. The smallest absolute Gasteiger partial charge is 0.372 e. The summed E-state index contributed by atoms with van der Waals surface area (Å²) < 4.78 is 42.0. The van der Waals surface area contributed by atoms with Gasteiger partial charge in [-0.25, -0.2) is 0 Å². The Bertz CT molecular complexity index is 448. The van der Waals surface area contributed by atoms with E-state index in [-0.39, 0.29) is 25.0 Å². The molecule has 0 aromatic carbocycles. The van der Waals surface area contributed by atoms with Crippen molar-refractivity contribution in [1.29, 1.82) is 0 Å². The number of nitrogens with zero attached hydrogens (tertiary/aromatic N) is 3. The summed E-state index contributed by atoms with van der Waals surface area (Å²) in [6.07, 6.45) is 0.966. The highest BCUT2D eigenvalue weighted by atomic mass is 19.4. The Morgan fingerprint density at radius 3 is 2.90 bits per heavy atom. The van der Waals surface area contributed by atoms with E-state index in [1.165, 1.54) is 0 Å². The Kier molecular flexibility index (Phi) is 5.22. The van der Waals surface area contributed by atoms with E-state index in [1.807, 2.05) is 16.9 Å². The first-order valence-corrected chi connectivity index (χ1v) is 6.87. The largest absolute Gasteiger partial charge is 0.411 e. The minimum absolute atomic E-state index is 0.0259. The van der Waals surface area contributed by atoms with Crippen LogP contribution in [0, 0.1) is 0 Å². The molecule has 1 aliphatic heterocycles. The fourth-order valence-electron chi connectivity index (χ4n) is 2.40. The van der Waals surface area contributed by atoms with Crippen LogP contribution < -0.4 is 0 Å². The summed E-state index contributed by atoms with van der Waals surface area (Å²) in [7, 11) is 0. The maximum Gasteiger partial charge on any atom is 0.411 e. The predicted octanol–water partition coefficient (Wildman–Crippen LogP) is 2.02. The Labute approximate surface area is 120 Å². The van der Waals surface area contributed by atoms with Gasteiger partial charge < -0.3 is 9.64 Å². The Morgan fingerprint density at radius 1 is 1.43 bits per heavy atom. The normalized spacial score (nSPS) is 19.8. The average molecular weight is 305 g/mol. The molecule has 0 bridgehead atoms. The fourth-order valence-corrected chi connectivity index (χ4v) is 2.40. The molecule has 1 aromatic rings. The molecule has 1 saturated heterocycles. The van der Waals surface area contributed by atoms with E-state index in [2.05, 4.69) is 9.84 Å². The number of carbonyl (C=O) groups is 1. The third kappa shape index (κ3) is 5.04. The zero-order valence-electron chi connectivity index (χ0n) is 11.6. The fraction of sp³-hybridized carbons (Fsp3) is 0.692. The first kappa shape index (κ1) is 15.8. The lowest BCUT2D eigenvalue weighted by Gasteiger charge is -2.33. The quantitative estimate of drug-likeness (QED) is 0.782. The number of carbonyl (C=O) groups excluding carboxylic acids is 1. The Hall–Kier alpha value is -1.57.